The van der Waals surface area contributed by atoms with Crippen molar-refractivity contribution in [3.63, 3.8) is 0 Å². The molecule has 0 amide bonds. The molecule has 0 spiro atoms. The Morgan fingerprint density at radius 2 is 2.05 bits per heavy atom. The number of nitrogens with two attached hydrogens (primary N) is 1. The summed E-state index contributed by atoms with van der Waals surface area (Å²) in [6, 6.07) is 4.59. The second kappa shape index (κ2) is 6.59. The Balaban J connectivity index is 3.14. The monoisotopic (exact) mass is 314 g/mol. The van der Waals surface area contributed by atoms with E-state index < -0.39 is 15.6 Å². The fraction of sp³-hybridized carbons (Fsp3) is 0.429. The predicted molar refractivity (Wildman–Crippen MR) is 82.1 cm³/mol. The van der Waals surface area contributed by atoms with Crippen LogP contribution in [0.15, 0.2) is 23.1 Å². The minimum atomic E-state index is -3.65. The molecule has 0 saturated carbocycles. The molecule has 0 fully saturated rings. The Morgan fingerprint density at radius 1 is 1.40 bits per heavy atom. The van der Waals surface area contributed by atoms with E-state index in [4.69, 9.17) is 17.3 Å². The van der Waals surface area contributed by atoms with Gasteiger partial charge >= 0.3 is 0 Å². The number of rotatable bonds is 4. The minimum absolute atomic E-state index is 0.0546. The van der Waals surface area contributed by atoms with E-state index >= 15 is 0 Å². The Morgan fingerprint density at radius 3 is 2.55 bits per heavy atom. The van der Waals surface area contributed by atoms with Crippen LogP contribution >= 0.6 is 11.6 Å². The molecule has 3 N–H and O–H groups in total. The fourth-order valence-corrected chi connectivity index (χ4v) is 3.47. The van der Waals surface area contributed by atoms with Gasteiger partial charge in [0.05, 0.1) is 11.6 Å². The first-order valence-corrected chi connectivity index (χ1v) is 8.10. The van der Waals surface area contributed by atoms with E-state index in [1.807, 2.05) is 20.8 Å². The van der Waals surface area contributed by atoms with Gasteiger partial charge in [-0.1, -0.05) is 30.4 Å². The summed E-state index contributed by atoms with van der Waals surface area (Å²) in [5.41, 5.74) is 5.39. The van der Waals surface area contributed by atoms with Crippen LogP contribution in [0.3, 0.4) is 0 Å². The average molecular weight is 315 g/mol. The summed E-state index contributed by atoms with van der Waals surface area (Å²) in [6.45, 7) is 5.79. The maximum Gasteiger partial charge on any atom is 0.242 e. The van der Waals surface area contributed by atoms with Crippen LogP contribution in [0.4, 0.5) is 0 Å². The summed E-state index contributed by atoms with van der Waals surface area (Å²) in [5, 5.41) is 0.147. The van der Waals surface area contributed by atoms with Gasteiger partial charge in [-0.3, -0.25) is 0 Å². The van der Waals surface area contributed by atoms with Gasteiger partial charge in [-0.2, -0.15) is 0 Å². The van der Waals surface area contributed by atoms with Gasteiger partial charge in [0.1, 0.15) is 4.90 Å². The molecule has 0 bridgehead atoms. The highest BCUT2D eigenvalue weighted by molar-refractivity contribution is 7.89. The van der Waals surface area contributed by atoms with E-state index in [1.165, 1.54) is 12.1 Å². The molecular weight excluding hydrogens is 296 g/mol. The molecule has 1 rings (SSSR count). The Bertz CT molecular complexity index is 643. The molecule has 0 aliphatic carbocycles. The molecule has 0 unspecified atom stereocenters. The molecule has 0 heterocycles. The lowest BCUT2D eigenvalue weighted by Gasteiger charge is -2.24. The van der Waals surface area contributed by atoms with Crippen LogP contribution in [0, 0.1) is 11.8 Å². The van der Waals surface area contributed by atoms with Crippen molar-refractivity contribution in [1.82, 2.24) is 4.72 Å². The lowest BCUT2D eigenvalue weighted by atomic mass is 10.0. The van der Waals surface area contributed by atoms with E-state index in [0.29, 0.717) is 12.0 Å². The number of hydrogen-bond acceptors (Lipinski definition) is 3. The van der Waals surface area contributed by atoms with Crippen LogP contribution in [0.2, 0.25) is 5.02 Å². The van der Waals surface area contributed by atoms with Crippen molar-refractivity contribution in [2.75, 3.05) is 6.54 Å². The molecule has 1 aromatic carbocycles. The highest BCUT2D eigenvalue weighted by atomic mass is 35.5. The van der Waals surface area contributed by atoms with E-state index in [-0.39, 0.29) is 16.5 Å². The van der Waals surface area contributed by atoms with Crippen molar-refractivity contribution in [3.8, 4) is 11.8 Å². The fourth-order valence-electron chi connectivity index (χ4n) is 1.44. The number of halogens is 1. The Kier molecular flexibility index (Phi) is 5.60. The third-order valence-electron chi connectivity index (χ3n) is 2.85. The molecular formula is C14H19ClN2O2S. The maximum absolute atomic E-state index is 12.3. The van der Waals surface area contributed by atoms with Gasteiger partial charge in [0.2, 0.25) is 10.0 Å². The zero-order chi connectivity index (χ0) is 15.4. The van der Waals surface area contributed by atoms with Crippen molar-refractivity contribution in [1.29, 1.82) is 0 Å². The van der Waals surface area contributed by atoms with Gasteiger partial charge in [0.25, 0.3) is 0 Å². The van der Waals surface area contributed by atoms with Gasteiger partial charge in [-0.05, 0) is 38.5 Å². The van der Waals surface area contributed by atoms with Crippen molar-refractivity contribution < 1.29 is 8.42 Å². The lowest BCUT2D eigenvalue weighted by Crippen LogP contribution is -2.42. The summed E-state index contributed by atoms with van der Waals surface area (Å²) in [7, 11) is -3.65. The molecule has 0 aliphatic rings. The molecule has 1 aromatic rings. The molecule has 0 aliphatic heterocycles. The molecule has 6 heteroatoms. The molecule has 0 atom stereocenters. The van der Waals surface area contributed by atoms with Gasteiger partial charge in [-0.15, -0.1) is 0 Å². The first-order chi connectivity index (χ1) is 9.22. The molecule has 0 aromatic heterocycles. The molecule has 0 saturated heterocycles. The van der Waals surface area contributed by atoms with Gasteiger partial charge < -0.3 is 5.73 Å². The van der Waals surface area contributed by atoms with Crippen molar-refractivity contribution in [2.24, 2.45) is 5.73 Å². The largest absolute Gasteiger partial charge is 0.320 e. The molecule has 110 valence electrons. The van der Waals surface area contributed by atoms with Gasteiger partial charge in [-0.25, -0.2) is 13.1 Å². The van der Waals surface area contributed by atoms with Gasteiger partial charge in [0.15, 0.2) is 0 Å². The number of sulfonamides is 1. The van der Waals surface area contributed by atoms with Crippen LogP contribution in [0.5, 0.6) is 0 Å². The zero-order valence-electron chi connectivity index (χ0n) is 11.8. The van der Waals surface area contributed by atoms with E-state index in [0.717, 1.165) is 0 Å². The standard InChI is InChI=1S/C14H19ClN2O2S/c1-4-14(2,3)17-20(18,19)13-8-7-11(6-5-9-16)10-12(13)15/h7-8,10,17H,4,9,16H2,1-3H3. The first-order valence-electron chi connectivity index (χ1n) is 6.24. The topological polar surface area (TPSA) is 72.2 Å². The van der Waals surface area contributed by atoms with E-state index in [9.17, 15) is 8.42 Å². The summed E-state index contributed by atoms with van der Waals surface area (Å²) in [5.74, 6) is 5.50. The summed E-state index contributed by atoms with van der Waals surface area (Å²) in [4.78, 5) is 0.0546. The second-order valence-electron chi connectivity index (χ2n) is 4.99. The summed E-state index contributed by atoms with van der Waals surface area (Å²) in [6.07, 6.45) is 0.671. The Hall–Kier alpha value is -1.06. The average Bonchev–Trinajstić information content (AvgIpc) is 2.34. The zero-order valence-corrected chi connectivity index (χ0v) is 13.4. The Labute approximate surface area is 125 Å². The third kappa shape index (κ3) is 4.50. The SMILES string of the molecule is CCC(C)(C)NS(=O)(=O)c1ccc(C#CCN)cc1Cl. The van der Waals surface area contributed by atoms with Crippen LogP contribution in [-0.4, -0.2) is 20.5 Å². The highest BCUT2D eigenvalue weighted by Gasteiger charge is 2.26. The number of benzene rings is 1. The smallest absolute Gasteiger partial charge is 0.242 e. The van der Waals surface area contributed by atoms with Crippen molar-refractivity contribution >= 4 is 21.6 Å². The van der Waals surface area contributed by atoms with Crippen LogP contribution in [0.1, 0.15) is 32.8 Å². The second-order valence-corrected chi connectivity index (χ2v) is 7.05. The lowest BCUT2D eigenvalue weighted by molar-refractivity contribution is 0.439. The molecule has 20 heavy (non-hydrogen) atoms. The quantitative estimate of drug-likeness (QED) is 0.836. The van der Waals surface area contributed by atoms with E-state index in [2.05, 4.69) is 16.6 Å². The van der Waals surface area contributed by atoms with Crippen LogP contribution in [0.25, 0.3) is 0 Å². The molecule has 0 radical (unpaired) electrons. The number of hydrogen-bond donors (Lipinski definition) is 2. The minimum Gasteiger partial charge on any atom is -0.320 e. The van der Waals surface area contributed by atoms with Crippen LogP contribution < -0.4 is 10.5 Å². The maximum atomic E-state index is 12.3. The number of nitrogens with one attached hydrogen (secondary N) is 1. The molecule has 4 nitrogen and oxygen atoms in total. The summed E-state index contributed by atoms with van der Waals surface area (Å²) < 4.78 is 27.2. The highest BCUT2D eigenvalue weighted by Crippen LogP contribution is 2.24. The van der Waals surface area contributed by atoms with Crippen molar-refractivity contribution in [2.45, 2.75) is 37.6 Å². The van der Waals surface area contributed by atoms with E-state index in [1.54, 1.807) is 6.07 Å². The van der Waals surface area contributed by atoms with Crippen LogP contribution in [-0.2, 0) is 10.0 Å². The summed E-state index contributed by atoms with van der Waals surface area (Å²) >= 11 is 6.05. The first kappa shape index (κ1) is 17.0. The normalized spacial score (nSPS) is 11.8. The third-order valence-corrected chi connectivity index (χ3v) is 5.03. The predicted octanol–water partition coefficient (Wildman–Crippen LogP) is 2.12. The van der Waals surface area contributed by atoms with Gasteiger partial charge in [0, 0.05) is 11.1 Å². The van der Waals surface area contributed by atoms with Crippen molar-refractivity contribution in [3.05, 3.63) is 28.8 Å².